The first-order valence-corrected chi connectivity index (χ1v) is 6.02. The van der Waals surface area contributed by atoms with Crippen molar-refractivity contribution in [3.8, 4) is 17.4 Å². The van der Waals surface area contributed by atoms with Gasteiger partial charge in [-0.2, -0.15) is 0 Å². The van der Waals surface area contributed by atoms with Crippen LogP contribution in [0.5, 0.6) is 5.88 Å². The molecule has 18 heavy (non-hydrogen) atoms. The molecule has 5 nitrogen and oxygen atoms in total. The van der Waals surface area contributed by atoms with Crippen LogP contribution < -0.4 is 4.74 Å². The fourth-order valence-corrected chi connectivity index (χ4v) is 1.85. The lowest BCUT2D eigenvalue weighted by Crippen LogP contribution is -2.01. The predicted octanol–water partition coefficient (Wildman–Crippen LogP) is 2.48. The van der Waals surface area contributed by atoms with Crippen molar-refractivity contribution in [2.45, 2.75) is 20.3 Å². The molecule has 6 heteroatoms. The minimum absolute atomic E-state index is 0.500. The quantitative estimate of drug-likeness (QED) is 0.861. The number of methoxy groups -OCH3 is 1. The topological polar surface area (TPSA) is 63.7 Å². The number of hydrogen-bond acceptors (Lipinski definition) is 5. The molecule has 0 unspecified atom stereocenters. The molecule has 0 bridgehead atoms. The van der Waals surface area contributed by atoms with Gasteiger partial charge in [0.1, 0.15) is 16.7 Å². The summed E-state index contributed by atoms with van der Waals surface area (Å²) in [6, 6.07) is 1.72. The van der Waals surface area contributed by atoms with E-state index in [1.54, 1.807) is 13.2 Å². The summed E-state index contributed by atoms with van der Waals surface area (Å²) in [4.78, 5) is 15.7. The van der Waals surface area contributed by atoms with Gasteiger partial charge in [-0.3, -0.25) is 0 Å². The Balaban J connectivity index is 2.57. The van der Waals surface area contributed by atoms with Gasteiger partial charge in [-0.05, 0) is 13.3 Å². The van der Waals surface area contributed by atoms with E-state index in [-0.39, 0.29) is 0 Å². The summed E-state index contributed by atoms with van der Waals surface area (Å²) in [5.74, 6) is 1.14. The van der Waals surface area contributed by atoms with E-state index in [1.807, 2.05) is 6.92 Å². The van der Waals surface area contributed by atoms with Gasteiger partial charge in [0, 0.05) is 17.3 Å². The SMILES string of the molecule is CCc1[nH]c(-c2cc(OC)ncn2)nc(=S)c1C. The number of aromatic nitrogens is 4. The van der Waals surface area contributed by atoms with E-state index in [0.29, 0.717) is 22.0 Å². The normalized spacial score (nSPS) is 10.4. The van der Waals surface area contributed by atoms with Crippen LogP contribution in [0.15, 0.2) is 12.4 Å². The number of hydrogen-bond donors (Lipinski definition) is 1. The van der Waals surface area contributed by atoms with Crippen molar-refractivity contribution in [2.24, 2.45) is 0 Å². The highest BCUT2D eigenvalue weighted by Gasteiger charge is 2.08. The Bertz CT molecular complexity index is 624. The molecule has 94 valence electrons. The maximum atomic E-state index is 5.25. The number of rotatable bonds is 3. The Morgan fingerprint density at radius 2 is 2.17 bits per heavy atom. The lowest BCUT2D eigenvalue weighted by atomic mass is 10.2. The van der Waals surface area contributed by atoms with Crippen LogP contribution in [-0.2, 0) is 6.42 Å². The summed E-state index contributed by atoms with van der Waals surface area (Å²) in [6.45, 7) is 4.03. The van der Waals surface area contributed by atoms with E-state index in [0.717, 1.165) is 17.7 Å². The molecule has 0 saturated heterocycles. The molecule has 0 aromatic carbocycles. The monoisotopic (exact) mass is 262 g/mol. The van der Waals surface area contributed by atoms with E-state index in [4.69, 9.17) is 17.0 Å². The summed E-state index contributed by atoms with van der Waals surface area (Å²) in [5, 5.41) is 0. The summed E-state index contributed by atoms with van der Waals surface area (Å²) in [5.41, 5.74) is 2.75. The number of nitrogens with zero attached hydrogens (tertiary/aromatic N) is 3. The van der Waals surface area contributed by atoms with Crippen molar-refractivity contribution >= 4 is 12.2 Å². The zero-order valence-corrected chi connectivity index (χ0v) is 11.3. The highest BCUT2D eigenvalue weighted by Crippen LogP contribution is 2.18. The van der Waals surface area contributed by atoms with Crippen LogP contribution in [-0.4, -0.2) is 27.0 Å². The van der Waals surface area contributed by atoms with Gasteiger partial charge in [0.25, 0.3) is 0 Å². The summed E-state index contributed by atoms with van der Waals surface area (Å²) < 4.78 is 5.66. The first kappa shape index (κ1) is 12.6. The molecule has 0 aliphatic rings. The van der Waals surface area contributed by atoms with E-state index in [9.17, 15) is 0 Å². The summed E-state index contributed by atoms with van der Waals surface area (Å²) in [7, 11) is 1.56. The van der Waals surface area contributed by atoms with Gasteiger partial charge in [-0.25, -0.2) is 15.0 Å². The Morgan fingerprint density at radius 3 is 2.83 bits per heavy atom. The first-order valence-electron chi connectivity index (χ1n) is 5.62. The van der Waals surface area contributed by atoms with Gasteiger partial charge in [0.05, 0.1) is 7.11 Å². The fraction of sp³-hybridized carbons (Fsp3) is 0.333. The minimum Gasteiger partial charge on any atom is -0.481 e. The van der Waals surface area contributed by atoms with Crippen molar-refractivity contribution in [1.29, 1.82) is 0 Å². The van der Waals surface area contributed by atoms with E-state index >= 15 is 0 Å². The zero-order chi connectivity index (χ0) is 13.1. The lowest BCUT2D eigenvalue weighted by molar-refractivity contribution is 0.397. The first-order chi connectivity index (χ1) is 8.65. The van der Waals surface area contributed by atoms with Crippen molar-refractivity contribution in [1.82, 2.24) is 19.9 Å². The maximum absolute atomic E-state index is 5.25. The Labute approximate surface area is 110 Å². The van der Waals surface area contributed by atoms with Crippen molar-refractivity contribution in [2.75, 3.05) is 7.11 Å². The van der Waals surface area contributed by atoms with Crippen molar-refractivity contribution in [3.05, 3.63) is 28.3 Å². The van der Waals surface area contributed by atoms with Gasteiger partial charge in [-0.1, -0.05) is 19.1 Å². The van der Waals surface area contributed by atoms with Crippen LogP contribution in [0.3, 0.4) is 0 Å². The molecule has 0 spiro atoms. The number of ether oxygens (including phenoxy) is 1. The van der Waals surface area contributed by atoms with Crippen LogP contribution in [0.25, 0.3) is 11.5 Å². The van der Waals surface area contributed by atoms with E-state index in [1.165, 1.54) is 6.33 Å². The molecule has 0 saturated carbocycles. The van der Waals surface area contributed by atoms with Crippen LogP contribution >= 0.6 is 12.2 Å². The predicted molar refractivity (Wildman–Crippen MR) is 71.1 cm³/mol. The molecular weight excluding hydrogens is 248 g/mol. The molecule has 2 rings (SSSR count). The Kier molecular flexibility index (Phi) is 3.66. The smallest absolute Gasteiger partial charge is 0.216 e. The molecule has 1 N–H and O–H groups in total. The third-order valence-electron chi connectivity index (χ3n) is 2.70. The number of H-pyrrole nitrogens is 1. The molecule has 0 aliphatic heterocycles. The second-order valence-electron chi connectivity index (χ2n) is 3.79. The molecule has 2 aromatic heterocycles. The number of nitrogens with one attached hydrogen (secondary N) is 1. The third-order valence-corrected chi connectivity index (χ3v) is 3.10. The molecule has 0 fully saturated rings. The van der Waals surface area contributed by atoms with Crippen LogP contribution in [0.4, 0.5) is 0 Å². The van der Waals surface area contributed by atoms with E-state index < -0.39 is 0 Å². The average Bonchev–Trinajstić information content (AvgIpc) is 2.41. The summed E-state index contributed by atoms with van der Waals surface area (Å²) >= 11 is 5.25. The molecule has 0 radical (unpaired) electrons. The van der Waals surface area contributed by atoms with Crippen molar-refractivity contribution < 1.29 is 4.74 Å². The molecule has 2 aromatic rings. The Hall–Kier alpha value is -1.82. The average molecular weight is 262 g/mol. The highest BCUT2D eigenvalue weighted by molar-refractivity contribution is 7.71. The van der Waals surface area contributed by atoms with Gasteiger partial charge in [0.15, 0.2) is 5.82 Å². The fourth-order valence-electron chi connectivity index (χ4n) is 1.63. The molecule has 0 aliphatic carbocycles. The van der Waals surface area contributed by atoms with Gasteiger partial charge in [-0.15, -0.1) is 0 Å². The molecule has 2 heterocycles. The van der Waals surface area contributed by atoms with Gasteiger partial charge < -0.3 is 9.72 Å². The van der Waals surface area contributed by atoms with Crippen LogP contribution in [0, 0.1) is 11.6 Å². The minimum atomic E-state index is 0.500. The summed E-state index contributed by atoms with van der Waals surface area (Å²) in [6.07, 6.45) is 2.31. The maximum Gasteiger partial charge on any atom is 0.216 e. The standard InChI is InChI=1S/C12H14N4OS/c1-4-8-7(2)12(18)16-11(15-8)9-5-10(17-3)14-6-13-9/h5-6H,4H2,1-3H3,(H,15,16,18). The second kappa shape index (κ2) is 5.22. The molecular formula is C12H14N4OS. The second-order valence-corrected chi connectivity index (χ2v) is 4.18. The molecule has 0 atom stereocenters. The molecule has 0 amide bonds. The van der Waals surface area contributed by atoms with Gasteiger partial charge >= 0.3 is 0 Å². The largest absolute Gasteiger partial charge is 0.481 e. The lowest BCUT2D eigenvalue weighted by Gasteiger charge is -2.07. The van der Waals surface area contributed by atoms with Crippen molar-refractivity contribution in [3.63, 3.8) is 0 Å². The van der Waals surface area contributed by atoms with Crippen LogP contribution in [0.2, 0.25) is 0 Å². The number of aryl methyl sites for hydroxylation is 1. The highest BCUT2D eigenvalue weighted by atomic mass is 32.1. The number of aromatic amines is 1. The van der Waals surface area contributed by atoms with Crippen LogP contribution in [0.1, 0.15) is 18.2 Å². The third kappa shape index (κ3) is 2.38. The van der Waals surface area contributed by atoms with E-state index in [2.05, 4.69) is 26.9 Å². The zero-order valence-electron chi connectivity index (χ0n) is 10.5. The Morgan fingerprint density at radius 1 is 1.39 bits per heavy atom. The van der Waals surface area contributed by atoms with Gasteiger partial charge in [0.2, 0.25) is 5.88 Å².